The van der Waals surface area contributed by atoms with Crippen LogP contribution in [0.5, 0.6) is 5.75 Å². The maximum Gasteiger partial charge on any atom is 0.282 e. The van der Waals surface area contributed by atoms with Gasteiger partial charge in [0.2, 0.25) is 0 Å². The van der Waals surface area contributed by atoms with Gasteiger partial charge >= 0.3 is 0 Å². The number of nitrogens with one attached hydrogen (secondary N) is 1. The topological polar surface area (TPSA) is 58.6 Å². The van der Waals surface area contributed by atoms with Gasteiger partial charge in [-0.3, -0.25) is 9.59 Å². The second kappa shape index (κ2) is 9.96. The van der Waals surface area contributed by atoms with Crippen LogP contribution in [0.25, 0.3) is 5.57 Å². The molecule has 34 heavy (non-hydrogen) atoms. The molecule has 0 aliphatic carbocycles. The summed E-state index contributed by atoms with van der Waals surface area (Å²) < 4.78 is 5.26. The van der Waals surface area contributed by atoms with Crippen molar-refractivity contribution in [2.24, 2.45) is 0 Å². The molecule has 0 saturated carbocycles. The van der Waals surface area contributed by atoms with Gasteiger partial charge in [0.05, 0.1) is 18.4 Å². The van der Waals surface area contributed by atoms with E-state index < -0.39 is 0 Å². The molecule has 0 unspecified atom stereocenters. The number of ether oxygens (including phenoxy) is 1. The molecule has 0 spiro atoms. The second-order valence-electron chi connectivity index (χ2n) is 8.64. The number of hydrogen-bond donors (Lipinski definition) is 1. The van der Waals surface area contributed by atoms with Crippen molar-refractivity contribution in [1.82, 2.24) is 0 Å². The summed E-state index contributed by atoms with van der Waals surface area (Å²) in [7, 11) is 1.59. The third kappa shape index (κ3) is 4.60. The van der Waals surface area contributed by atoms with Crippen molar-refractivity contribution in [2.75, 3.05) is 17.3 Å². The third-order valence-electron chi connectivity index (χ3n) is 6.12. The molecule has 174 valence electrons. The molecule has 0 radical (unpaired) electrons. The first-order valence-electron chi connectivity index (χ1n) is 11.6. The molecule has 3 aromatic carbocycles. The van der Waals surface area contributed by atoms with Gasteiger partial charge in [0.1, 0.15) is 11.4 Å². The lowest BCUT2D eigenvalue weighted by Crippen LogP contribution is -2.32. The van der Waals surface area contributed by atoms with Crippen LogP contribution in [0.3, 0.4) is 0 Å². The molecule has 0 aromatic heterocycles. The average molecular weight is 455 g/mol. The van der Waals surface area contributed by atoms with Crippen molar-refractivity contribution in [3.8, 4) is 5.75 Å². The van der Waals surface area contributed by atoms with Crippen LogP contribution in [-0.2, 0) is 16.0 Å². The lowest BCUT2D eigenvalue weighted by Gasteiger charge is -2.16. The first kappa shape index (κ1) is 23.3. The zero-order valence-corrected chi connectivity index (χ0v) is 20.1. The third-order valence-corrected chi connectivity index (χ3v) is 6.12. The number of benzene rings is 3. The van der Waals surface area contributed by atoms with Crippen molar-refractivity contribution < 1.29 is 14.3 Å². The van der Waals surface area contributed by atoms with Crippen LogP contribution in [0.1, 0.15) is 42.0 Å². The Labute approximate surface area is 201 Å². The fourth-order valence-corrected chi connectivity index (χ4v) is 4.19. The number of methoxy groups -OCH3 is 1. The molecule has 0 bridgehead atoms. The number of unbranched alkanes of at least 4 members (excludes halogenated alkanes) is 1. The summed E-state index contributed by atoms with van der Waals surface area (Å²) in [5.74, 6) is -0.0228. The molecule has 0 atom stereocenters. The van der Waals surface area contributed by atoms with Gasteiger partial charge in [-0.2, -0.15) is 0 Å². The summed E-state index contributed by atoms with van der Waals surface area (Å²) in [6, 6.07) is 20.9. The highest BCUT2D eigenvalue weighted by atomic mass is 16.5. The summed E-state index contributed by atoms with van der Waals surface area (Å²) >= 11 is 0. The number of rotatable bonds is 8. The maximum absolute atomic E-state index is 13.6. The molecule has 1 heterocycles. The van der Waals surface area contributed by atoms with Crippen LogP contribution in [0.15, 0.2) is 72.4 Å². The predicted octanol–water partition coefficient (Wildman–Crippen LogP) is 6.05. The number of amides is 2. The van der Waals surface area contributed by atoms with Crippen LogP contribution in [-0.4, -0.2) is 18.9 Å². The largest absolute Gasteiger partial charge is 0.497 e. The van der Waals surface area contributed by atoms with E-state index in [0.717, 1.165) is 36.1 Å². The minimum Gasteiger partial charge on any atom is -0.497 e. The van der Waals surface area contributed by atoms with Crippen LogP contribution < -0.4 is 15.0 Å². The molecule has 5 nitrogen and oxygen atoms in total. The number of carbonyl (C=O) groups is 2. The molecule has 0 saturated heterocycles. The molecule has 3 aromatic rings. The second-order valence-corrected chi connectivity index (χ2v) is 8.64. The first-order chi connectivity index (χ1) is 16.4. The smallest absolute Gasteiger partial charge is 0.282 e. The number of anilines is 2. The van der Waals surface area contributed by atoms with E-state index in [4.69, 9.17) is 4.74 Å². The zero-order chi connectivity index (χ0) is 24.2. The van der Waals surface area contributed by atoms with Gasteiger partial charge in [0.25, 0.3) is 11.8 Å². The highest BCUT2D eigenvalue weighted by Crippen LogP contribution is 2.35. The van der Waals surface area contributed by atoms with Gasteiger partial charge in [-0.25, -0.2) is 4.90 Å². The van der Waals surface area contributed by atoms with Crippen molar-refractivity contribution in [1.29, 1.82) is 0 Å². The van der Waals surface area contributed by atoms with E-state index in [2.05, 4.69) is 12.2 Å². The van der Waals surface area contributed by atoms with Crippen molar-refractivity contribution in [2.45, 2.75) is 40.0 Å². The number of imide groups is 1. The Morgan fingerprint density at radius 1 is 0.882 bits per heavy atom. The monoisotopic (exact) mass is 454 g/mol. The molecule has 5 heteroatoms. The maximum atomic E-state index is 13.6. The molecule has 4 rings (SSSR count). The molecule has 1 N–H and O–H groups in total. The van der Waals surface area contributed by atoms with E-state index in [1.165, 1.54) is 10.5 Å². The molecular weight excluding hydrogens is 424 g/mol. The van der Waals surface area contributed by atoms with E-state index in [1.54, 1.807) is 31.4 Å². The van der Waals surface area contributed by atoms with Gasteiger partial charge in [-0.05, 0) is 73.7 Å². The molecule has 2 amide bonds. The average Bonchev–Trinajstić information content (AvgIpc) is 3.09. The highest BCUT2D eigenvalue weighted by Gasteiger charge is 2.40. The zero-order valence-electron chi connectivity index (χ0n) is 20.1. The van der Waals surface area contributed by atoms with Crippen molar-refractivity contribution in [3.63, 3.8) is 0 Å². The van der Waals surface area contributed by atoms with Gasteiger partial charge in [0.15, 0.2) is 0 Å². The lowest BCUT2D eigenvalue weighted by atomic mass is 10.0. The van der Waals surface area contributed by atoms with E-state index in [1.807, 2.05) is 56.3 Å². The summed E-state index contributed by atoms with van der Waals surface area (Å²) in [4.78, 5) is 28.5. The summed E-state index contributed by atoms with van der Waals surface area (Å²) in [5.41, 5.74) is 5.98. The lowest BCUT2D eigenvalue weighted by molar-refractivity contribution is -0.120. The van der Waals surface area contributed by atoms with E-state index in [9.17, 15) is 9.59 Å². The van der Waals surface area contributed by atoms with E-state index >= 15 is 0 Å². The summed E-state index contributed by atoms with van der Waals surface area (Å²) in [6.45, 7) is 6.17. The van der Waals surface area contributed by atoms with Gasteiger partial charge in [-0.15, -0.1) is 0 Å². The summed E-state index contributed by atoms with van der Waals surface area (Å²) in [6.07, 6.45) is 3.20. The Bertz CT molecular complexity index is 1240. The van der Waals surface area contributed by atoms with Crippen molar-refractivity contribution in [3.05, 3.63) is 94.7 Å². The fraction of sp³-hybridized carbons (Fsp3) is 0.241. The van der Waals surface area contributed by atoms with Gasteiger partial charge < -0.3 is 10.1 Å². The first-order valence-corrected chi connectivity index (χ1v) is 11.6. The Kier molecular flexibility index (Phi) is 6.82. The van der Waals surface area contributed by atoms with Gasteiger partial charge in [0, 0.05) is 5.69 Å². The number of nitrogens with zero attached hydrogens (tertiary/aromatic N) is 1. The fourth-order valence-electron chi connectivity index (χ4n) is 4.19. The van der Waals surface area contributed by atoms with E-state index in [0.29, 0.717) is 22.6 Å². The Morgan fingerprint density at radius 3 is 2.21 bits per heavy atom. The molecular formula is C29H30N2O3. The Morgan fingerprint density at radius 2 is 1.59 bits per heavy atom. The SMILES string of the molecule is CCCCc1ccc(N2C(=O)C(Nc3ccc(C)cc3C)=C(c3ccc(OC)cc3)C2=O)cc1. The van der Waals surface area contributed by atoms with E-state index in [-0.39, 0.29) is 17.5 Å². The number of hydrogen-bond acceptors (Lipinski definition) is 4. The van der Waals surface area contributed by atoms with Gasteiger partial charge in [-0.1, -0.05) is 55.3 Å². The summed E-state index contributed by atoms with van der Waals surface area (Å²) in [5, 5.41) is 3.27. The number of aryl methyl sites for hydroxylation is 3. The normalized spacial score (nSPS) is 13.6. The molecule has 1 aliphatic heterocycles. The van der Waals surface area contributed by atoms with Crippen LogP contribution >= 0.6 is 0 Å². The Balaban J connectivity index is 1.74. The van der Waals surface area contributed by atoms with Crippen molar-refractivity contribution >= 4 is 28.8 Å². The quantitative estimate of drug-likeness (QED) is 0.421. The molecule has 1 aliphatic rings. The van der Waals surface area contributed by atoms with Crippen LogP contribution in [0, 0.1) is 13.8 Å². The Hall–Kier alpha value is -3.86. The number of carbonyl (C=O) groups excluding carboxylic acids is 2. The minimum atomic E-state index is -0.364. The predicted molar refractivity (Wildman–Crippen MR) is 137 cm³/mol. The highest BCUT2D eigenvalue weighted by molar-refractivity contribution is 6.46. The van der Waals surface area contributed by atoms with Crippen LogP contribution in [0.4, 0.5) is 11.4 Å². The minimum absolute atomic E-state index is 0.275. The standard InChI is InChI=1S/C29H30N2O3/c1-5-6-7-21-9-13-23(14-10-21)31-28(32)26(22-11-15-24(34-4)16-12-22)27(29(31)33)30-25-17-8-19(2)18-20(25)3/h8-18,30H,5-7H2,1-4H3. The molecule has 0 fully saturated rings. The van der Waals surface area contributed by atoms with Crippen LogP contribution in [0.2, 0.25) is 0 Å².